The van der Waals surface area contributed by atoms with Crippen LogP contribution in [0.4, 0.5) is 0 Å². The number of aromatic nitrogens is 2. The van der Waals surface area contributed by atoms with Crippen LogP contribution in [-0.2, 0) is 6.54 Å². The zero-order chi connectivity index (χ0) is 8.10. The van der Waals surface area contributed by atoms with Crippen molar-refractivity contribution in [1.29, 1.82) is 0 Å². The molecule has 1 aromatic rings. The van der Waals surface area contributed by atoms with E-state index in [1.54, 1.807) is 0 Å². The molecule has 11 heavy (non-hydrogen) atoms. The first kappa shape index (κ1) is 8.53. The molecule has 0 aromatic carbocycles. The number of nitrogens with one attached hydrogen (secondary N) is 1. The Morgan fingerprint density at radius 3 is 2.91 bits per heavy atom. The van der Waals surface area contributed by atoms with E-state index in [2.05, 4.69) is 16.5 Å². The van der Waals surface area contributed by atoms with Crippen molar-refractivity contribution in [1.82, 2.24) is 9.55 Å². The second-order valence-electron chi connectivity index (χ2n) is 2.67. The summed E-state index contributed by atoms with van der Waals surface area (Å²) >= 11 is 5.04. The Morgan fingerprint density at radius 2 is 2.36 bits per heavy atom. The number of hydrogen-bond acceptors (Lipinski definition) is 1. The number of nitrogens with zero attached hydrogens (tertiary/aromatic N) is 1. The first-order valence-corrected chi connectivity index (χ1v) is 4.49. The minimum absolute atomic E-state index is 0.834. The standard InChI is InChI=1S/C8H14N2S/c1-2-3-4-6-10-7-5-9-8(10)11/h5,7H,2-4,6H2,1H3,(H,9,11). The minimum atomic E-state index is 0.834. The highest BCUT2D eigenvalue weighted by Crippen LogP contribution is 1.98. The van der Waals surface area contributed by atoms with Crippen LogP contribution in [0.2, 0.25) is 0 Å². The lowest BCUT2D eigenvalue weighted by atomic mass is 10.2. The Labute approximate surface area is 72.3 Å². The van der Waals surface area contributed by atoms with Crippen LogP contribution in [0.25, 0.3) is 0 Å². The highest BCUT2D eigenvalue weighted by atomic mass is 32.1. The van der Waals surface area contributed by atoms with Crippen LogP contribution in [0.15, 0.2) is 12.4 Å². The summed E-state index contributed by atoms with van der Waals surface area (Å²) < 4.78 is 2.91. The first-order chi connectivity index (χ1) is 5.34. The van der Waals surface area contributed by atoms with Gasteiger partial charge in [0.15, 0.2) is 4.77 Å². The van der Waals surface area contributed by atoms with Crippen LogP contribution in [0.1, 0.15) is 26.2 Å². The third kappa shape index (κ3) is 2.50. The topological polar surface area (TPSA) is 20.7 Å². The zero-order valence-electron chi connectivity index (χ0n) is 6.84. The van der Waals surface area contributed by atoms with Gasteiger partial charge in [0.25, 0.3) is 0 Å². The largest absolute Gasteiger partial charge is 0.337 e. The SMILES string of the molecule is CCCCCn1cc[nH]c1=S. The van der Waals surface area contributed by atoms with Crippen molar-refractivity contribution in [2.75, 3.05) is 0 Å². The number of aromatic amines is 1. The molecule has 0 aliphatic carbocycles. The van der Waals surface area contributed by atoms with E-state index in [0.29, 0.717) is 0 Å². The van der Waals surface area contributed by atoms with Crippen molar-refractivity contribution in [2.45, 2.75) is 32.7 Å². The van der Waals surface area contributed by atoms with Gasteiger partial charge in [-0.1, -0.05) is 19.8 Å². The van der Waals surface area contributed by atoms with E-state index in [0.717, 1.165) is 11.3 Å². The smallest absolute Gasteiger partial charge is 0.177 e. The van der Waals surface area contributed by atoms with Gasteiger partial charge in [-0.3, -0.25) is 0 Å². The Balaban J connectivity index is 2.39. The first-order valence-electron chi connectivity index (χ1n) is 4.08. The highest BCUT2D eigenvalue weighted by molar-refractivity contribution is 7.71. The molecule has 3 heteroatoms. The van der Waals surface area contributed by atoms with E-state index in [4.69, 9.17) is 12.2 Å². The second-order valence-corrected chi connectivity index (χ2v) is 3.05. The maximum atomic E-state index is 5.04. The lowest BCUT2D eigenvalue weighted by molar-refractivity contribution is 0.597. The van der Waals surface area contributed by atoms with Gasteiger partial charge < -0.3 is 9.55 Å². The van der Waals surface area contributed by atoms with E-state index in [-0.39, 0.29) is 0 Å². The zero-order valence-corrected chi connectivity index (χ0v) is 7.66. The van der Waals surface area contributed by atoms with E-state index < -0.39 is 0 Å². The second kappa shape index (κ2) is 4.34. The summed E-state index contributed by atoms with van der Waals surface area (Å²) in [6.07, 6.45) is 7.65. The molecule has 0 fully saturated rings. The number of rotatable bonds is 4. The van der Waals surface area contributed by atoms with Crippen molar-refractivity contribution in [3.8, 4) is 0 Å². The molecule has 1 heterocycles. The van der Waals surface area contributed by atoms with Gasteiger partial charge >= 0.3 is 0 Å². The quantitative estimate of drug-likeness (QED) is 0.544. The number of imidazole rings is 1. The van der Waals surface area contributed by atoms with Crippen LogP contribution < -0.4 is 0 Å². The predicted molar refractivity (Wildman–Crippen MR) is 49.1 cm³/mol. The fraction of sp³-hybridized carbons (Fsp3) is 0.625. The Kier molecular flexibility index (Phi) is 3.36. The fourth-order valence-corrected chi connectivity index (χ4v) is 1.28. The maximum absolute atomic E-state index is 5.04. The molecule has 0 unspecified atom stereocenters. The van der Waals surface area contributed by atoms with Gasteiger partial charge in [0, 0.05) is 18.9 Å². The summed E-state index contributed by atoms with van der Waals surface area (Å²) in [6.45, 7) is 3.26. The van der Waals surface area contributed by atoms with Crippen molar-refractivity contribution in [3.05, 3.63) is 17.2 Å². The van der Waals surface area contributed by atoms with Gasteiger partial charge in [0.05, 0.1) is 0 Å². The van der Waals surface area contributed by atoms with Gasteiger partial charge in [-0.25, -0.2) is 0 Å². The third-order valence-electron chi connectivity index (χ3n) is 1.72. The summed E-state index contributed by atoms with van der Waals surface area (Å²) in [5.41, 5.74) is 0. The summed E-state index contributed by atoms with van der Waals surface area (Å²) in [4.78, 5) is 2.97. The van der Waals surface area contributed by atoms with E-state index in [9.17, 15) is 0 Å². The van der Waals surface area contributed by atoms with Crippen molar-refractivity contribution in [2.24, 2.45) is 0 Å². The molecule has 1 N–H and O–H groups in total. The number of hydrogen-bond donors (Lipinski definition) is 1. The Hall–Kier alpha value is -0.570. The Bertz CT molecular complexity index is 249. The lowest BCUT2D eigenvalue weighted by Crippen LogP contribution is -1.95. The van der Waals surface area contributed by atoms with Crippen molar-refractivity contribution in [3.63, 3.8) is 0 Å². The van der Waals surface area contributed by atoms with Crippen molar-refractivity contribution < 1.29 is 0 Å². The lowest BCUT2D eigenvalue weighted by Gasteiger charge is -1.99. The molecule has 0 amide bonds. The monoisotopic (exact) mass is 170 g/mol. The molecule has 0 saturated heterocycles. The molecule has 0 bridgehead atoms. The molecule has 0 atom stereocenters. The molecule has 0 radical (unpaired) electrons. The molecule has 0 spiro atoms. The normalized spacial score (nSPS) is 10.3. The van der Waals surface area contributed by atoms with Crippen LogP contribution in [0, 0.1) is 4.77 Å². The maximum Gasteiger partial charge on any atom is 0.177 e. The molecular formula is C8H14N2S. The van der Waals surface area contributed by atoms with Crippen LogP contribution in [0.5, 0.6) is 0 Å². The summed E-state index contributed by atoms with van der Waals surface area (Å²) in [6, 6.07) is 0. The molecule has 0 saturated carbocycles. The van der Waals surface area contributed by atoms with Gasteiger partial charge in [0.2, 0.25) is 0 Å². The van der Waals surface area contributed by atoms with Crippen molar-refractivity contribution >= 4 is 12.2 Å². The van der Waals surface area contributed by atoms with Crippen LogP contribution in [0.3, 0.4) is 0 Å². The van der Waals surface area contributed by atoms with Crippen LogP contribution >= 0.6 is 12.2 Å². The summed E-state index contributed by atoms with van der Waals surface area (Å²) in [5.74, 6) is 0. The molecular weight excluding hydrogens is 156 g/mol. The fourth-order valence-electron chi connectivity index (χ4n) is 1.06. The number of unbranched alkanes of at least 4 members (excludes halogenated alkanes) is 2. The molecule has 0 aliphatic heterocycles. The summed E-state index contributed by atoms with van der Waals surface area (Å²) in [7, 11) is 0. The molecule has 62 valence electrons. The van der Waals surface area contributed by atoms with E-state index >= 15 is 0 Å². The average molecular weight is 170 g/mol. The van der Waals surface area contributed by atoms with E-state index in [1.165, 1.54) is 19.3 Å². The molecule has 1 rings (SSSR count). The Morgan fingerprint density at radius 1 is 1.55 bits per heavy atom. The van der Waals surface area contributed by atoms with Crippen LogP contribution in [-0.4, -0.2) is 9.55 Å². The molecule has 1 aromatic heterocycles. The average Bonchev–Trinajstić information content (AvgIpc) is 2.37. The molecule has 0 aliphatic rings. The van der Waals surface area contributed by atoms with E-state index in [1.807, 2.05) is 12.4 Å². The number of aryl methyl sites for hydroxylation is 1. The van der Waals surface area contributed by atoms with Gasteiger partial charge in [0.1, 0.15) is 0 Å². The van der Waals surface area contributed by atoms with Gasteiger partial charge in [-0.05, 0) is 18.6 Å². The number of H-pyrrole nitrogens is 1. The third-order valence-corrected chi connectivity index (χ3v) is 2.08. The van der Waals surface area contributed by atoms with Gasteiger partial charge in [-0.2, -0.15) is 0 Å². The summed E-state index contributed by atoms with van der Waals surface area (Å²) in [5, 5.41) is 0. The highest BCUT2D eigenvalue weighted by Gasteiger charge is 1.90. The predicted octanol–water partition coefficient (Wildman–Crippen LogP) is 2.74. The van der Waals surface area contributed by atoms with Gasteiger partial charge in [-0.15, -0.1) is 0 Å². The minimum Gasteiger partial charge on any atom is -0.337 e. The molecule has 2 nitrogen and oxygen atoms in total.